The highest BCUT2D eigenvalue weighted by atomic mass is 19.4. The Morgan fingerprint density at radius 1 is 1.11 bits per heavy atom. The lowest BCUT2D eigenvalue weighted by Gasteiger charge is -2.37. The summed E-state index contributed by atoms with van der Waals surface area (Å²) >= 11 is 0. The second kappa shape index (κ2) is 11.8. The van der Waals surface area contributed by atoms with Crippen molar-refractivity contribution in [1.82, 2.24) is 9.97 Å². The number of aromatic nitrogens is 2. The zero-order chi connectivity index (χ0) is 26.4. The van der Waals surface area contributed by atoms with Gasteiger partial charge in [0.05, 0.1) is 48.4 Å². The number of hydrogen-bond acceptors (Lipinski definition) is 6. The lowest BCUT2D eigenvalue weighted by Crippen LogP contribution is -2.39. The molecule has 0 radical (unpaired) electrons. The van der Waals surface area contributed by atoms with Crippen LogP contribution >= 0.6 is 0 Å². The van der Waals surface area contributed by atoms with Crippen molar-refractivity contribution in [1.29, 1.82) is 0 Å². The van der Waals surface area contributed by atoms with Gasteiger partial charge in [0.25, 0.3) is 0 Å². The molecular weight excluding hydrogens is 487 g/mol. The summed E-state index contributed by atoms with van der Waals surface area (Å²) < 4.78 is 44.9. The van der Waals surface area contributed by atoms with Crippen LogP contribution in [-0.4, -0.2) is 47.3 Å². The molecule has 0 aliphatic heterocycles. The standard InChI is InChI=1S/C26H32F3N5O3/c1-2-37-24(35)21-13-20(21)17-8-9-23(22(12-17)33-25(36)32-18-14-30-16-31-15-18)34(11-10-26(27,28)29)19-6-4-3-5-7-19/h8-9,12,14-16,19-21H,2-7,10-11,13H2,1H3,(H2,32,33,36)/t20-,21-/m1/s1. The summed E-state index contributed by atoms with van der Waals surface area (Å²) in [6.45, 7) is 1.85. The highest BCUT2D eigenvalue weighted by Crippen LogP contribution is 2.49. The third kappa shape index (κ3) is 7.33. The van der Waals surface area contributed by atoms with Crippen LogP contribution < -0.4 is 15.5 Å². The lowest BCUT2D eigenvalue weighted by atomic mass is 9.93. The fourth-order valence-electron chi connectivity index (χ4n) is 5.00. The molecule has 2 N–H and O–H groups in total. The minimum atomic E-state index is -4.30. The van der Waals surface area contributed by atoms with Crippen LogP contribution in [0.25, 0.3) is 0 Å². The van der Waals surface area contributed by atoms with E-state index < -0.39 is 18.6 Å². The van der Waals surface area contributed by atoms with Crippen molar-refractivity contribution in [2.45, 2.75) is 70.0 Å². The molecule has 11 heteroatoms. The van der Waals surface area contributed by atoms with E-state index in [-0.39, 0.29) is 30.4 Å². The molecule has 2 fully saturated rings. The third-order valence-electron chi connectivity index (χ3n) is 6.86. The Bertz CT molecular complexity index is 1080. The van der Waals surface area contributed by atoms with Gasteiger partial charge in [-0.2, -0.15) is 13.2 Å². The van der Waals surface area contributed by atoms with Gasteiger partial charge in [-0.25, -0.2) is 14.8 Å². The maximum absolute atomic E-state index is 13.2. The second-order valence-electron chi connectivity index (χ2n) is 9.53. The number of alkyl halides is 3. The maximum atomic E-state index is 13.2. The Kier molecular flexibility index (Phi) is 8.50. The van der Waals surface area contributed by atoms with Crippen LogP contribution in [0, 0.1) is 5.92 Å². The monoisotopic (exact) mass is 519 g/mol. The van der Waals surface area contributed by atoms with Gasteiger partial charge in [0.1, 0.15) is 6.33 Å². The number of hydrogen-bond donors (Lipinski definition) is 2. The molecule has 37 heavy (non-hydrogen) atoms. The van der Waals surface area contributed by atoms with Gasteiger partial charge in [-0.15, -0.1) is 0 Å². The van der Waals surface area contributed by atoms with Crippen LogP contribution in [0.15, 0.2) is 36.9 Å². The highest BCUT2D eigenvalue weighted by Gasteiger charge is 2.45. The number of carbonyl (C=O) groups is 2. The Balaban J connectivity index is 1.63. The Morgan fingerprint density at radius 2 is 1.84 bits per heavy atom. The van der Waals surface area contributed by atoms with Gasteiger partial charge in [-0.1, -0.05) is 25.3 Å². The molecule has 200 valence electrons. The number of nitrogens with zero attached hydrogens (tertiary/aromatic N) is 3. The van der Waals surface area contributed by atoms with E-state index in [1.54, 1.807) is 24.0 Å². The number of carbonyl (C=O) groups excluding carboxylic acids is 2. The molecule has 0 spiro atoms. The summed E-state index contributed by atoms with van der Waals surface area (Å²) in [5.41, 5.74) is 2.14. The van der Waals surface area contributed by atoms with Crippen LogP contribution in [0.3, 0.4) is 0 Å². The molecule has 1 aromatic carbocycles. The van der Waals surface area contributed by atoms with Crippen molar-refractivity contribution >= 4 is 29.1 Å². The van der Waals surface area contributed by atoms with E-state index in [9.17, 15) is 22.8 Å². The Hall–Kier alpha value is -3.37. The number of amides is 2. The third-order valence-corrected chi connectivity index (χ3v) is 6.86. The Labute approximate surface area is 214 Å². The maximum Gasteiger partial charge on any atom is 0.390 e. The number of esters is 1. The lowest BCUT2D eigenvalue weighted by molar-refractivity contribution is -0.144. The van der Waals surface area contributed by atoms with Crippen LogP contribution in [0.5, 0.6) is 0 Å². The van der Waals surface area contributed by atoms with Crippen molar-refractivity contribution < 1.29 is 27.5 Å². The zero-order valence-corrected chi connectivity index (χ0v) is 20.8. The van der Waals surface area contributed by atoms with Gasteiger partial charge in [0, 0.05) is 12.6 Å². The molecule has 0 saturated heterocycles. The predicted molar refractivity (Wildman–Crippen MR) is 133 cm³/mol. The SMILES string of the molecule is CCOC(=O)[C@@H]1C[C@@H]1c1ccc(N(CCC(F)(F)F)C2CCCCC2)c(NC(=O)Nc2cncnc2)c1. The molecule has 1 heterocycles. The number of urea groups is 1. The predicted octanol–water partition coefficient (Wildman–Crippen LogP) is 5.88. The summed E-state index contributed by atoms with van der Waals surface area (Å²) in [7, 11) is 0. The van der Waals surface area contributed by atoms with Crippen molar-refractivity contribution in [3.8, 4) is 0 Å². The summed E-state index contributed by atoms with van der Waals surface area (Å²) in [5, 5.41) is 5.48. The molecule has 2 aliphatic rings. The molecule has 0 unspecified atom stereocenters. The molecule has 0 bridgehead atoms. The van der Waals surface area contributed by atoms with Crippen LogP contribution in [0.4, 0.5) is 35.0 Å². The molecule has 4 rings (SSSR count). The van der Waals surface area contributed by atoms with Gasteiger partial charge in [-0.3, -0.25) is 4.79 Å². The smallest absolute Gasteiger partial charge is 0.390 e. The zero-order valence-electron chi connectivity index (χ0n) is 20.8. The minimum absolute atomic E-state index is 0.0544. The fraction of sp³-hybridized carbons (Fsp3) is 0.538. The number of anilines is 3. The first-order valence-electron chi connectivity index (χ1n) is 12.7. The number of ether oxygens (including phenoxy) is 1. The van der Waals surface area contributed by atoms with Crippen molar-refractivity contribution in [2.24, 2.45) is 5.92 Å². The van der Waals surface area contributed by atoms with Crippen LogP contribution in [0.1, 0.15) is 63.4 Å². The normalized spacial score (nSPS) is 19.7. The number of rotatable bonds is 9. The van der Waals surface area contributed by atoms with Gasteiger partial charge in [0.2, 0.25) is 0 Å². The first-order chi connectivity index (χ1) is 17.7. The molecule has 2 atom stereocenters. The van der Waals surface area contributed by atoms with E-state index in [0.717, 1.165) is 37.7 Å². The highest BCUT2D eigenvalue weighted by molar-refractivity contribution is 6.01. The second-order valence-corrected chi connectivity index (χ2v) is 9.53. The van der Waals surface area contributed by atoms with E-state index >= 15 is 0 Å². The number of halogens is 3. The average Bonchev–Trinajstić information content (AvgIpc) is 3.67. The summed E-state index contributed by atoms with van der Waals surface area (Å²) in [4.78, 5) is 34.6. The van der Waals surface area contributed by atoms with E-state index in [0.29, 0.717) is 30.1 Å². The molecule has 1 aromatic heterocycles. The Morgan fingerprint density at radius 3 is 2.51 bits per heavy atom. The van der Waals surface area contributed by atoms with Gasteiger partial charge < -0.3 is 20.3 Å². The van der Waals surface area contributed by atoms with Gasteiger partial charge in [-0.05, 0) is 49.8 Å². The first-order valence-corrected chi connectivity index (χ1v) is 12.7. The summed E-state index contributed by atoms with van der Waals surface area (Å²) in [5.74, 6) is -0.576. The van der Waals surface area contributed by atoms with Crippen molar-refractivity contribution in [3.05, 3.63) is 42.5 Å². The fourth-order valence-corrected chi connectivity index (χ4v) is 5.00. The minimum Gasteiger partial charge on any atom is -0.466 e. The number of benzene rings is 1. The molecule has 2 aliphatic carbocycles. The van der Waals surface area contributed by atoms with E-state index in [1.807, 2.05) is 6.07 Å². The first kappa shape index (κ1) is 26.7. The summed E-state index contributed by atoms with van der Waals surface area (Å²) in [6.07, 6.45) is 4.14. The van der Waals surface area contributed by atoms with E-state index in [1.165, 1.54) is 18.7 Å². The molecule has 2 amide bonds. The molecule has 8 nitrogen and oxygen atoms in total. The molecule has 2 aromatic rings. The van der Waals surface area contributed by atoms with Gasteiger partial charge >= 0.3 is 18.2 Å². The average molecular weight is 520 g/mol. The largest absolute Gasteiger partial charge is 0.466 e. The van der Waals surface area contributed by atoms with Crippen molar-refractivity contribution in [3.63, 3.8) is 0 Å². The molecule has 2 saturated carbocycles. The topological polar surface area (TPSA) is 96.5 Å². The van der Waals surface area contributed by atoms with Crippen molar-refractivity contribution in [2.75, 3.05) is 28.7 Å². The van der Waals surface area contributed by atoms with E-state index in [4.69, 9.17) is 4.74 Å². The quantitative estimate of drug-likeness (QED) is 0.402. The number of nitrogens with one attached hydrogen (secondary N) is 2. The van der Waals surface area contributed by atoms with Crippen LogP contribution in [-0.2, 0) is 9.53 Å². The van der Waals surface area contributed by atoms with Crippen LogP contribution in [0.2, 0.25) is 0 Å². The molecular formula is C26H32F3N5O3. The van der Waals surface area contributed by atoms with E-state index in [2.05, 4.69) is 20.6 Å². The van der Waals surface area contributed by atoms with Gasteiger partial charge in [0.15, 0.2) is 0 Å². The summed E-state index contributed by atoms with van der Waals surface area (Å²) in [6, 6.07) is 4.76.